The van der Waals surface area contributed by atoms with Crippen molar-refractivity contribution in [3.63, 3.8) is 0 Å². The molecule has 102 valence electrons. The highest BCUT2D eigenvalue weighted by molar-refractivity contribution is 5.99. The van der Waals surface area contributed by atoms with Gasteiger partial charge in [0.1, 0.15) is 5.75 Å². The normalized spacial score (nSPS) is 19.2. The maximum Gasteiger partial charge on any atom is 0.328 e. The maximum atomic E-state index is 12.3. The van der Waals surface area contributed by atoms with Gasteiger partial charge in [-0.2, -0.15) is 0 Å². The number of ether oxygens (including phenoxy) is 1. The number of benzene rings is 1. The number of phenols is 1. The lowest BCUT2D eigenvalue weighted by Crippen LogP contribution is -2.52. The van der Waals surface area contributed by atoms with Crippen LogP contribution in [0.15, 0.2) is 18.2 Å². The van der Waals surface area contributed by atoms with Crippen LogP contribution in [0.5, 0.6) is 5.75 Å². The molecule has 1 atom stereocenters. The number of hydrogen-bond donors (Lipinski definition) is 2. The number of morpholine rings is 1. The molecule has 1 unspecified atom stereocenters. The van der Waals surface area contributed by atoms with E-state index in [1.165, 1.54) is 11.0 Å². The fraction of sp³-hybridized carbons (Fsp3) is 0.385. The number of carbonyl (C=O) groups excluding carboxylic acids is 1. The van der Waals surface area contributed by atoms with E-state index in [2.05, 4.69) is 0 Å². The SMILES string of the molecule is Cc1cccc(C(=O)N2CCOCC2C(=O)O)c1O. The molecular weight excluding hydrogens is 250 g/mol. The smallest absolute Gasteiger partial charge is 0.328 e. The van der Waals surface area contributed by atoms with Gasteiger partial charge in [0.15, 0.2) is 6.04 Å². The van der Waals surface area contributed by atoms with Crippen molar-refractivity contribution in [2.45, 2.75) is 13.0 Å². The number of carboxylic acid groups (broad SMARTS) is 1. The predicted octanol–water partition coefficient (Wildman–Crippen LogP) is 0.626. The van der Waals surface area contributed by atoms with Crippen molar-refractivity contribution in [1.29, 1.82) is 0 Å². The topological polar surface area (TPSA) is 87.1 Å². The van der Waals surface area contributed by atoms with Crippen molar-refractivity contribution < 1.29 is 24.5 Å². The first-order valence-corrected chi connectivity index (χ1v) is 5.92. The van der Waals surface area contributed by atoms with E-state index in [4.69, 9.17) is 9.84 Å². The summed E-state index contributed by atoms with van der Waals surface area (Å²) in [6.07, 6.45) is 0. The molecule has 2 rings (SSSR count). The third-order valence-electron chi connectivity index (χ3n) is 3.14. The van der Waals surface area contributed by atoms with Gasteiger partial charge in [0.05, 0.1) is 18.8 Å². The van der Waals surface area contributed by atoms with E-state index in [-0.39, 0.29) is 24.5 Å². The van der Waals surface area contributed by atoms with Crippen LogP contribution in [-0.4, -0.2) is 52.8 Å². The van der Waals surface area contributed by atoms with Crippen LogP contribution in [-0.2, 0) is 9.53 Å². The quantitative estimate of drug-likeness (QED) is 0.818. The van der Waals surface area contributed by atoms with E-state index in [1.54, 1.807) is 19.1 Å². The Bertz CT molecular complexity index is 514. The van der Waals surface area contributed by atoms with Crippen LogP contribution in [0.3, 0.4) is 0 Å². The van der Waals surface area contributed by atoms with E-state index < -0.39 is 17.9 Å². The minimum absolute atomic E-state index is 0.0341. The van der Waals surface area contributed by atoms with Crippen LogP contribution >= 0.6 is 0 Å². The number of hydrogen-bond acceptors (Lipinski definition) is 4. The number of carboxylic acids is 1. The second-order valence-electron chi connectivity index (χ2n) is 4.40. The molecule has 0 aromatic heterocycles. The summed E-state index contributed by atoms with van der Waals surface area (Å²) in [7, 11) is 0. The largest absolute Gasteiger partial charge is 0.507 e. The number of carbonyl (C=O) groups is 2. The van der Waals surface area contributed by atoms with Gasteiger partial charge in [-0.25, -0.2) is 4.79 Å². The molecule has 0 bridgehead atoms. The van der Waals surface area contributed by atoms with Gasteiger partial charge in [0.25, 0.3) is 5.91 Å². The summed E-state index contributed by atoms with van der Waals surface area (Å²) in [4.78, 5) is 24.7. The molecule has 1 amide bonds. The molecule has 1 heterocycles. The molecule has 1 aliphatic rings. The standard InChI is InChI=1S/C13H15NO5/c1-8-3-2-4-9(11(8)15)12(16)14-5-6-19-7-10(14)13(17)18/h2-4,10,15H,5-7H2,1H3,(H,17,18). The number of rotatable bonds is 2. The van der Waals surface area contributed by atoms with Crippen LogP contribution in [0, 0.1) is 6.92 Å². The molecule has 1 saturated heterocycles. The predicted molar refractivity (Wildman–Crippen MR) is 66.1 cm³/mol. The van der Waals surface area contributed by atoms with E-state index in [0.29, 0.717) is 12.2 Å². The lowest BCUT2D eigenvalue weighted by molar-refractivity contribution is -0.147. The van der Waals surface area contributed by atoms with Gasteiger partial charge in [-0.1, -0.05) is 12.1 Å². The average molecular weight is 265 g/mol. The van der Waals surface area contributed by atoms with E-state index in [1.807, 2.05) is 0 Å². The van der Waals surface area contributed by atoms with Crippen molar-refractivity contribution in [1.82, 2.24) is 4.90 Å². The maximum absolute atomic E-state index is 12.3. The first kappa shape index (κ1) is 13.4. The number of aromatic hydroxyl groups is 1. The molecule has 6 nitrogen and oxygen atoms in total. The van der Waals surface area contributed by atoms with Gasteiger partial charge in [0.2, 0.25) is 0 Å². The van der Waals surface area contributed by atoms with Crippen molar-refractivity contribution in [2.75, 3.05) is 19.8 Å². The van der Waals surface area contributed by atoms with E-state index in [0.717, 1.165) is 0 Å². The number of nitrogens with zero attached hydrogens (tertiary/aromatic N) is 1. The van der Waals surface area contributed by atoms with Crippen LogP contribution in [0.4, 0.5) is 0 Å². The zero-order valence-electron chi connectivity index (χ0n) is 10.5. The average Bonchev–Trinajstić information content (AvgIpc) is 2.41. The molecule has 0 radical (unpaired) electrons. The van der Waals surface area contributed by atoms with Crippen LogP contribution in [0.2, 0.25) is 0 Å². The van der Waals surface area contributed by atoms with Gasteiger partial charge < -0.3 is 19.8 Å². The van der Waals surface area contributed by atoms with Crippen molar-refractivity contribution in [3.8, 4) is 5.75 Å². The number of aliphatic carboxylic acids is 1. The third-order valence-corrected chi connectivity index (χ3v) is 3.14. The van der Waals surface area contributed by atoms with Crippen molar-refractivity contribution >= 4 is 11.9 Å². The number of amides is 1. The monoisotopic (exact) mass is 265 g/mol. The highest BCUT2D eigenvalue weighted by Crippen LogP contribution is 2.24. The first-order chi connectivity index (χ1) is 9.02. The minimum atomic E-state index is -1.11. The van der Waals surface area contributed by atoms with Crippen LogP contribution < -0.4 is 0 Å². The summed E-state index contributed by atoms with van der Waals surface area (Å²) < 4.78 is 5.08. The first-order valence-electron chi connectivity index (χ1n) is 5.92. The summed E-state index contributed by atoms with van der Waals surface area (Å²) in [5.74, 6) is -1.71. The Balaban J connectivity index is 2.31. The molecule has 1 aromatic rings. The summed E-state index contributed by atoms with van der Waals surface area (Å²) in [5.41, 5.74) is 0.694. The lowest BCUT2D eigenvalue weighted by atomic mass is 10.1. The molecule has 1 aromatic carbocycles. The molecule has 2 N–H and O–H groups in total. The Labute approximate surface area is 110 Å². The number of phenolic OH excluding ortho intramolecular Hbond substituents is 1. The van der Waals surface area contributed by atoms with Gasteiger partial charge in [-0.15, -0.1) is 0 Å². The number of para-hydroxylation sites is 1. The molecule has 6 heteroatoms. The van der Waals surface area contributed by atoms with E-state index in [9.17, 15) is 14.7 Å². The Morgan fingerprint density at radius 2 is 2.16 bits per heavy atom. The highest BCUT2D eigenvalue weighted by atomic mass is 16.5. The van der Waals surface area contributed by atoms with Gasteiger partial charge in [-0.3, -0.25) is 4.79 Å². The summed E-state index contributed by atoms with van der Waals surface area (Å²) in [5, 5.41) is 19.0. The Morgan fingerprint density at radius 1 is 1.42 bits per heavy atom. The number of aryl methyl sites for hydroxylation is 1. The molecule has 0 spiro atoms. The van der Waals surface area contributed by atoms with Crippen LogP contribution in [0.1, 0.15) is 15.9 Å². The molecule has 1 fully saturated rings. The zero-order chi connectivity index (χ0) is 14.0. The molecule has 19 heavy (non-hydrogen) atoms. The molecular formula is C13H15NO5. The van der Waals surface area contributed by atoms with E-state index >= 15 is 0 Å². The molecule has 0 aliphatic carbocycles. The second kappa shape index (κ2) is 5.27. The van der Waals surface area contributed by atoms with Gasteiger partial charge in [-0.05, 0) is 18.6 Å². The lowest BCUT2D eigenvalue weighted by Gasteiger charge is -2.33. The summed E-state index contributed by atoms with van der Waals surface area (Å²) in [6.45, 7) is 2.14. The Morgan fingerprint density at radius 3 is 2.84 bits per heavy atom. The highest BCUT2D eigenvalue weighted by Gasteiger charge is 2.34. The van der Waals surface area contributed by atoms with Gasteiger partial charge in [0, 0.05) is 6.54 Å². The zero-order valence-corrected chi connectivity index (χ0v) is 10.5. The second-order valence-corrected chi connectivity index (χ2v) is 4.40. The fourth-order valence-corrected chi connectivity index (χ4v) is 2.04. The minimum Gasteiger partial charge on any atom is -0.507 e. The van der Waals surface area contributed by atoms with Crippen LogP contribution in [0.25, 0.3) is 0 Å². The Hall–Kier alpha value is -2.08. The summed E-state index contributed by atoms with van der Waals surface area (Å²) in [6, 6.07) is 3.80. The van der Waals surface area contributed by atoms with Crippen molar-refractivity contribution in [3.05, 3.63) is 29.3 Å². The third kappa shape index (κ3) is 2.53. The van der Waals surface area contributed by atoms with Crippen molar-refractivity contribution in [2.24, 2.45) is 0 Å². The Kier molecular flexibility index (Phi) is 3.71. The molecule has 1 aliphatic heterocycles. The summed E-state index contributed by atoms with van der Waals surface area (Å²) >= 11 is 0. The fourth-order valence-electron chi connectivity index (χ4n) is 2.04. The molecule has 0 saturated carbocycles. The van der Waals surface area contributed by atoms with Gasteiger partial charge >= 0.3 is 5.97 Å².